The summed E-state index contributed by atoms with van der Waals surface area (Å²) in [6, 6.07) is 49.0. The molecule has 1 nitrogen and oxygen atoms in total. The third-order valence-corrected chi connectivity index (χ3v) is 9.12. The standard InChI is InChI=1S/C40H31N/c1-26-13-7-12-20-36(26)41(28-15-5-4-6-16-28)29-22-23-33-34(25-29)31-18-10-11-19-32(31)38-37-30-17-9-8-14-27(30)21-24-35(37)40(2,3)39(33)38/h4-25H,1-3H3. The molecule has 0 N–H and O–H groups in total. The number of hydrogen-bond donors (Lipinski definition) is 0. The van der Waals surface area contributed by atoms with Crippen LogP contribution in [0, 0.1) is 6.92 Å². The van der Waals surface area contributed by atoms with E-state index in [-0.39, 0.29) is 5.41 Å². The number of fused-ring (bicyclic) bond motifs is 10. The second kappa shape index (κ2) is 8.81. The van der Waals surface area contributed by atoms with Gasteiger partial charge in [-0.2, -0.15) is 0 Å². The molecule has 0 bridgehead atoms. The van der Waals surface area contributed by atoms with E-state index in [1.807, 2.05) is 0 Å². The predicted octanol–water partition coefficient (Wildman–Crippen LogP) is 11.2. The molecule has 41 heavy (non-hydrogen) atoms. The number of hydrogen-bond acceptors (Lipinski definition) is 1. The Morgan fingerprint density at radius 1 is 0.488 bits per heavy atom. The summed E-state index contributed by atoms with van der Waals surface area (Å²) in [5, 5.41) is 7.91. The van der Waals surface area contributed by atoms with Gasteiger partial charge in [0.2, 0.25) is 0 Å². The van der Waals surface area contributed by atoms with Gasteiger partial charge in [0.15, 0.2) is 0 Å². The molecule has 0 fully saturated rings. The molecule has 0 radical (unpaired) electrons. The van der Waals surface area contributed by atoms with Crippen molar-refractivity contribution in [3.05, 3.63) is 150 Å². The third kappa shape index (κ3) is 3.42. The van der Waals surface area contributed by atoms with Crippen molar-refractivity contribution in [1.29, 1.82) is 0 Å². The van der Waals surface area contributed by atoms with Crippen LogP contribution in [0.3, 0.4) is 0 Å². The molecule has 0 aromatic heterocycles. The zero-order valence-corrected chi connectivity index (χ0v) is 23.6. The molecule has 0 spiro atoms. The van der Waals surface area contributed by atoms with Crippen molar-refractivity contribution in [3.63, 3.8) is 0 Å². The van der Waals surface area contributed by atoms with E-state index in [0.29, 0.717) is 0 Å². The summed E-state index contributed by atoms with van der Waals surface area (Å²) in [4.78, 5) is 2.39. The molecule has 7 aromatic carbocycles. The lowest BCUT2D eigenvalue weighted by molar-refractivity contribution is 0.667. The van der Waals surface area contributed by atoms with E-state index in [2.05, 4.69) is 159 Å². The SMILES string of the molecule is Cc1ccccc1N(c1ccccc1)c1ccc2c3c(c4ccccc4c2c1)-c1c(ccc2ccccc12)C3(C)C. The van der Waals surface area contributed by atoms with Gasteiger partial charge in [-0.05, 0) is 97.4 Å². The summed E-state index contributed by atoms with van der Waals surface area (Å²) in [6.45, 7) is 7.00. The molecular weight excluding hydrogens is 494 g/mol. The first-order valence-electron chi connectivity index (χ1n) is 14.5. The van der Waals surface area contributed by atoms with Crippen molar-refractivity contribution in [2.75, 3.05) is 4.90 Å². The molecule has 1 aliphatic carbocycles. The summed E-state index contributed by atoms with van der Waals surface area (Å²) in [5.41, 5.74) is 10.3. The summed E-state index contributed by atoms with van der Waals surface area (Å²) in [7, 11) is 0. The first-order valence-corrected chi connectivity index (χ1v) is 14.5. The Hall–Kier alpha value is -4.88. The van der Waals surface area contributed by atoms with E-state index in [1.54, 1.807) is 0 Å². The van der Waals surface area contributed by atoms with Crippen molar-refractivity contribution in [3.8, 4) is 11.1 Å². The van der Waals surface area contributed by atoms with Crippen LogP contribution in [0.2, 0.25) is 0 Å². The van der Waals surface area contributed by atoms with Gasteiger partial charge >= 0.3 is 0 Å². The highest BCUT2D eigenvalue weighted by atomic mass is 15.1. The van der Waals surface area contributed by atoms with Gasteiger partial charge in [0.25, 0.3) is 0 Å². The van der Waals surface area contributed by atoms with Crippen LogP contribution >= 0.6 is 0 Å². The topological polar surface area (TPSA) is 3.24 Å². The van der Waals surface area contributed by atoms with E-state index in [1.165, 1.54) is 71.5 Å². The monoisotopic (exact) mass is 525 g/mol. The van der Waals surface area contributed by atoms with Gasteiger partial charge in [-0.1, -0.05) is 117 Å². The van der Waals surface area contributed by atoms with Gasteiger partial charge in [-0.15, -0.1) is 0 Å². The maximum Gasteiger partial charge on any atom is 0.0490 e. The maximum absolute atomic E-state index is 2.41. The summed E-state index contributed by atoms with van der Waals surface area (Å²) in [6.07, 6.45) is 0. The van der Waals surface area contributed by atoms with Crippen molar-refractivity contribution in [2.24, 2.45) is 0 Å². The van der Waals surface area contributed by atoms with Crippen LogP contribution in [0.5, 0.6) is 0 Å². The average Bonchev–Trinajstić information content (AvgIpc) is 3.26. The number of anilines is 3. The first-order chi connectivity index (χ1) is 20.0. The fourth-order valence-electron chi connectivity index (χ4n) is 7.24. The Morgan fingerprint density at radius 3 is 1.98 bits per heavy atom. The Kier molecular flexibility index (Phi) is 5.15. The van der Waals surface area contributed by atoms with E-state index in [0.717, 1.165) is 5.69 Å². The molecule has 196 valence electrons. The molecular formula is C40H31N. The fourth-order valence-corrected chi connectivity index (χ4v) is 7.24. The van der Waals surface area contributed by atoms with Crippen LogP contribution in [-0.4, -0.2) is 0 Å². The van der Waals surface area contributed by atoms with Crippen molar-refractivity contribution in [1.82, 2.24) is 0 Å². The number of rotatable bonds is 3. The highest BCUT2D eigenvalue weighted by Crippen LogP contribution is 2.56. The van der Waals surface area contributed by atoms with Gasteiger partial charge in [-0.3, -0.25) is 0 Å². The van der Waals surface area contributed by atoms with Gasteiger partial charge in [0.05, 0.1) is 0 Å². The summed E-state index contributed by atoms with van der Waals surface area (Å²) < 4.78 is 0. The molecule has 1 heteroatoms. The number of para-hydroxylation sites is 2. The van der Waals surface area contributed by atoms with E-state index >= 15 is 0 Å². The van der Waals surface area contributed by atoms with Gasteiger partial charge in [0, 0.05) is 22.5 Å². The fraction of sp³-hybridized carbons (Fsp3) is 0.100. The number of aryl methyl sites for hydroxylation is 1. The Balaban J connectivity index is 1.47. The van der Waals surface area contributed by atoms with E-state index < -0.39 is 0 Å². The zero-order chi connectivity index (χ0) is 27.7. The minimum Gasteiger partial charge on any atom is -0.310 e. The van der Waals surface area contributed by atoms with Crippen molar-refractivity contribution >= 4 is 49.4 Å². The average molecular weight is 526 g/mol. The predicted molar refractivity (Wildman–Crippen MR) is 176 cm³/mol. The van der Waals surface area contributed by atoms with Crippen LogP contribution in [-0.2, 0) is 5.41 Å². The minimum atomic E-state index is -0.117. The molecule has 0 amide bonds. The summed E-state index contributed by atoms with van der Waals surface area (Å²) >= 11 is 0. The molecule has 0 atom stereocenters. The molecule has 0 heterocycles. The second-order valence-electron chi connectivity index (χ2n) is 11.8. The third-order valence-electron chi connectivity index (χ3n) is 9.12. The smallest absolute Gasteiger partial charge is 0.0490 e. The van der Waals surface area contributed by atoms with Crippen LogP contribution in [0.25, 0.3) is 43.4 Å². The lowest BCUT2D eigenvalue weighted by Crippen LogP contribution is -2.16. The molecule has 0 saturated carbocycles. The largest absolute Gasteiger partial charge is 0.310 e. The lowest BCUT2D eigenvalue weighted by Gasteiger charge is -2.28. The quantitative estimate of drug-likeness (QED) is 0.207. The van der Waals surface area contributed by atoms with Crippen LogP contribution in [0.1, 0.15) is 30.5 Å². The van der Waals surface area contributed by atoms with Crippen LogP contribution < -0.4 is 4.90 Å². The van der Waals surface area contributed by atoms with Gasteiger partial charge < -0.3 is 4.90 Å². The van der Waals surface area contributed by atoms with E-state index in [9.17, 15) is 0 Å². The first kappa shape index (κ1) is 24.0. The Morgan fingerprint density at radius 2 is 1.17 bits per heavy atom. The molecule has 0 aliphatic heterocycles. The normalized spacial score (nSPS) is 13.4. The minimum absolute atomic E-state index is 0.117. The summed E-state index contributed by atoms with van der Waals surface area (Å²) in [5.74, 6) is 0. The second-order valence-corrected chi connectivity index (χ2v) is 11.8. The number of nitrogens with zero attached hydrogens (tertiary/aromatic N) is 1. The van der Waals surface area contributed by atoms with Crippen molar-refractivity contribution < 1.29 is 0 Å². The van der Waals surface area contributed by atoms with Crippen molar-refractivity contribution in [2.45, 2.75) is 26.2 Å². The van der Waals surface area contributed by atoms with Gasteiger partial charge in [-0.25, -0.2) is 0 Å². The molecule has 1 aliphatic rings. The Bertz CT molecular complexity index is 2140. The molecule has 8 rings (SSSR count). The highest BCUT2D eigenvalue weighted by Gasteiger charge is 2.39. The lowest BCUT2D eigenvalue weighted by atomic mass is 9.79. The maximum atomic E-state index is 2.41. The zero-order valence-electron chi connectivity index (χ0n) is 23.6. The highest BCUT2D eigenvalue weighted by molar-refractivity contribution is 6.21. The van der Waals surface area contributed by atoms with Gasteiger partial charge in [0.1, 0.15) is 0 Å². The Labute approximate surface area is 241 Å². The molecule has 0 unspecified atom stereocenters. The molecule has 7 aromatic rings. The van der Waals surface area contributed by atoms with Crippen LogP contribution in [0.4, 0.5) is 17.1 Å². The van der Waals surface area contributed by atoms with E-state index in [4.69, 9.17) is 0 Å². The van der Waals surface area contributed by atoms with Crippen LogP contribution in [0.15, 0.2) is 133 Å². The number of benzene rings is 7. The molecule has 0 saturated heterocycles.